The first-order chi connectivity index (χ1) is 15.7. The van der Waals surface area contributed by atoms with Gasteiger partial charge in [0.15, 0.2) is 6.10 Å². The molecule has 0 bridgehead atoms. The third-order valence-corrected chi connectivity index (χ3v) is 5.94. The highest BCUT2D eigenvalue weighted by atomic mass is 16.5. The van der Waals surface area contributed by atoms with Gasteiger partial charge in [0.2, 0.25) is 0 Å². The molecule has 2 aromatic carbocycles. The van der Waals surface area contributed by atoms with Crippen molar-refractivity contribution in [1.29, 1.82) is 0 Å². The van der Waals surface area contributed by atoms with Crippen LogP contribution < -0.4 is 10.1 Å². The Morgan fingerprint density at radius 1 is 1.09 bits per heavy atom. The van der Waals surface area contributed by atoms with Crippen molar-refractivity contribution in [2.75, 3.05) is 32.6 Å². The van der Waals surface area contributed by atoms with Crippen LogP contribution in [-0.2, 0) is 16.1 Å². The van der Waals surface area contributed by atoms with Gasteiger partial charge in [0.1, 0.15) is 11.6 Å². The van der Waals surface area contributed by atoms with Crippen molar-refractivity contribution in [3.8, 4) is 5.75 Å². The number of benzene rings is 2. The number of carbonyl (C=O) groups is 1. The first-order valence-corrected chi connectivity index (χ1v) is 11.0. The fraction of sp³-hybridized carbons (Fsp3) is 0.360. The van der Waals surface area contributed by atoms with Gasteiger partial charge in [-0.25, -0.2) is 4.68 Å². The van der Waals surface area contributed by atoms with Gasteiger partial charge in [-0.1, -0.05) is 42.5 Å². The predicted molar refractivity (Wildman–Crippen MR) is 124 cm³/mol. The van der Waals surface area contributed by atoms with Crippen molar-refractivity contribution < 1.29 is 14.3 Å². The molecule has 0 radical (unpaired) electrons. The van der Waals surface area contributed by atoms with Crippen LogP contribution in [0.25, 0.3) is 0 Å². The Balaban J connectivity index is 1.36. The highest BCUT2D eigenvalue weighted by Crippen LogP contribution is 2.27. The first-order valence-electron chi connectivity index (χ1n) is 11.0. The standard InChI is InChI=1S/C25H30N4O3/c1-31-22-10-6-7-19(17-22)18-28-15-12-21(13-16-28)29-23(11-14-26-29)27-25(30)24(32-2)20-8-4-3-5-9-20/h3-11,14,17,21,24H,12-13,15-16,18H2,1-2H3,(H,27,30)/t24-/m1/s1. The van der Waals surface area contributed by atoms with Crippen LogP contribution in [0.2, 0.25) is 0 Å². The van der Waals surface area contributed by atoms with Crippen molar-refractivity contribution in [3.63, 3.8) is 0 Å². The summed E-state index contributed by atoms with van der Waals surface area (Å²) >= 11 is 0. The number of nitrogens with zero attached hydrogens (tertiary/aromatic N) is 3. The number of nitrogens with one attached hydrogen (secondary N) is 1. The van der Waals surface area contributed by atoms with E-state index in [-0.39, 0.29) is 11.9 Å². The number of carbonyl (C=O) groups excluding carboxylic acids is 1. The number of ether oxygens (including phenoxy) is 2. The number of methoxy groups -OCH3 is 2. The molecule has 1 atom stereocenters. The average molecular weight is 435 g/mol. The summed E-state index contributed by atoms with van der Waals surface area (Å²) < 4.78 is 12.7. The second-order valence-corrected chi connectivity index (χ2v) is 8.04. The molecule has 0 aliphatic carbocycles. The summed E-state index contributed by atoms with van der Waals surface area (Å²) in [5.41, 5.74) is 2.07. The van der Waals surface area contributed by atoms with Crippen LogP contribution in [0.15, 0.2) is 66.9 Å². The van der Waals surface area contributed by atoms with E-state index in [4.69, 9.17) is 9.47 Å². The fourth-order valence-electron chi connectivity index (χ4n) is 4.27. The Kier molecular flexibility index (Phi) is 7.19. The number of hydrogen-bond acceptors (Lipinski definition) is 5. The zero-order chi connectivity index (χ0) is 22.3. The molecule has 3 aromatic rings. The molecule has 1 amide bonds. The minimum Gasteiger partial charge on any atom is -0.497 e. The van der Waals surface area contributed by atoms with Crippen LogP contribution in [0.5, 0.6) is 5.75 Å². The van der Waals surface area contributed by atoms with Crippen LogP contribution in [0, 0.1) is 0 Å². The van der Waals surface area contributed by atoms with Gasteiger partial charge in [0.25, 0.3) is 5.91 Å². The maximum Gasteiger partial charge on any atom is 0.259 e. The Labute approximate surface area is 188 Å². The molecule has 1 fully saturated rings. The Morgan fingerprint density at radius 2 is 1.88 bits per heavy atom. The number of hydrogen-bond donors (Lipinski definition) is 1. The molecule has 2 heterocycles. The lowest BCUT2D eigenvalue weighted by atomic mass is 10.0. The SMILES string of the molecule is COc1cccc(CN2CCC(n3nccc3NC(=O)[C@H](OC)c3ccccc3)CC2)c1. The van der Waals surface area contributed by atoms with Gasteiger partial charge in [-0.3, -0.25) is 9.69 Å². The molecule has 0 unspecified atom stereocenters. The minimum absolute atomic E-state index is 0.198. The molecule has 7 heteroatoms. The summed E-state index contributed by atoms with van der Waals surface area (Å²) in [4.78, 5) is 15.3. The molecule has 32 heavy (non-hydrogen) atoms. The monoisotopic (exact) mass is 434 g/mol. The molecule has 7 nitrogen and oxygen atoms in total. The number of likely N-dealkylation sites (tertiary alicyclic amines) is 1. The summed E-state index contributed by atoms with van der Waals surface area (Å²) in [7, 11) is 3.24. The first kappa shape index (κ1) is 22.0. The lowest BCUT2D eigenvalue weighted by Gasteiger charge is -2.32. The molecule has 0 saturated carbocycles. The van der Waals surface area contributed by atoms with Crippen molar-refractivity contribution in [2.45, 2.75) is 31.5 Å². The molecule has 1 aliphatic heterocycles. The van der Waals surface area contributed by atoms with E-state index in [2.05, 4.69) is 27.4 Å². The number of amides is 1. The summed E-state index contributed by atoms with van der Waals surface area (Å²) in [5.74, 6) is 1.40. The summed E-state index contributed by atoms with van der Waals surface area (Å²) in [5, 5.41) is 7.52. The maximum absolute atomic E-state index is 12.9. The van der Waals surface area contributed by atoms with Crippen molar-refractivity contribution >= 4 is 11.7 Å². The van der Waals surface area contributed by atoms with Gasteiger partial charge in [0.05, 0.1) is 19.3 Å². The fourth-order valence-corrected chi connectivity index (χ4v) is 4.27. The molecule has 168 valence electrons. The quantitative estimate of drug-likeness (QED) is 0.579. The summed E-state index contributed by atoms with van der Waals surface area (Å²) in [6.45, 7) is 2.85. The molecule has 4 rings (SSSR count). The largest absolute Gasteiger partial charge is 0.497 e. The zero-order valence-electron chi connectivity index (χ0n) is 18.6. The van der Waals surface area contributed by atoms with Gasteiger partial charge < -0.3 is 14.8 Å². The van der Waals surface area contributed by atoms with Crippen molar-refractivity contribution in [1.82, 2.24) is 14.7 Å². The van der Waals surface area contributed by atoms with Gasteiger partial charge in [-0.2, -0.15) is 5.10 Å². The second-order valence-electron chi connectivity index (χ2n) is 8.04. The molecular formula is C25H30N4O3. The lowest BCUT2D eigenvalue weighted by Crippen LogP contribution is -2.35. The van der Waals surface area contributed by atoms with E-state index in [1.165, 1.54) is 5.56 Å². The highest BCUT2D eigenvalue weighted by Gasteiger charge is 2.25. The number of aromatic nitrogens is 2. The molecular weight excluding hydrogens is 404 g/mol. The van der Waals surface area contributed by atoms with Crippen LogP contribution >= 0.6 is 0 Å². The molecule has 1 saturated heterocycles. The molecule has 1 N–H and O–H groups in total. The normalized spacial score (nSPS) is 15.9. The molecule has 1 aromatic heterocycles. The third-order valence-electron chi connectivity index (χ3n) is 5.94. The van der Waals surface area contributed by atoms with Gasteiger partial charge in [-0.15, -0.1) is 0 Å². The van der Waals surface area contributed by atoms with Crippen LogP contribution in [0.3, 0.4) is 0 Å². The Morgan fingerprint density at radius 3 is 2.59 bits per heavy atom. The number of piperidine rings is 1. The smallest absolute Gasteiger partial charge is 0.259 e. The van der Waals surface area contributed by atoms with E-state index in [0.29, 0.717) is 5.82 Å². The Bertz CT molecular complexity index is 1010. The minimum atomic E-state index is -0.663. The zero-order valence-corrected chi connectivity index (χ0v) is 18.6. The van der Waals surface area contributed by atoms with E-state index in [1.807, 2.05) is 53.2 Å². The van der Waals surface area contributed by atoms with E-state index in [1.54, 1.807) is 20.4 Å². The summed E-state index contributed by atoms with van der Waals surface area (Å²) in [6.07, 6.45) is 3.02. The number of anilines is 1. The molecule has 0 spiro atoms. The van der Waals surface area contributed by atoms with E-state index < -0.39 is 6.10 Å². The third kappa shape index (κ3) is 5.18. The van der Waals surface area contributed by atoms with E-state index in [9.17, 15) is 4.79 Å². The predicted octanol–water partition coefficient (Wildman–Crippen LogP) is 4.06. The molecule has 1 aliphatic rings. The van der Waals surface area contributed by atoms with Crippen LogP contribution in [0.4, 0.5) is 5.82 Å². The van der Waals surface area contributed by atoms with Crippen LogP contribution in [0.1, 0.15) is 36.1 Å². The van der Waals surface area contributed by atoms with Gasteiger partial charge in [0, 0.05) is 32.8 Å². The summed E-state index contributed by atoms with van der Waals surface area (Å²) in [6, 6.07) is 19.8. The highest BCUT2D eigenvalue weighted by molar-refractivity contribution is 5.94. The van der Waals surface area contributed by atoms with E-state index >= 15 is 0 Å². The van der Waals surface area contributed by atoms with Gasteiger partial charge >= 0.3 is 0 Å². The lowest BCUT2D eigenvalue weighted by molar-refractivity contribution is -0.126. The average Bonchev–Trinajstić information content (AvgIpc) is 3.29. The maximum atomic E-state index is 12.9. The van der Waals surface area contributed by atoms with Crippen molar-refractivity contribution in [2.24, 2.45) is 0 Å². The van der Waals surface area contributed by atoms with Crippen LogP contribution in [-0.4, -0.2) is 47.9 Å². The topological polar surface area (TPSA) is 68.6 Å². The second kappa shape index (κ2) is 10.4. The Hall–Kier alpha value is -3.16. The van der Waals surface area contributed by atoms with Gasteiger partial charge in [-0.05, 0) is 36.1 Å². The van der Waals surface area contributed by atoms with E-state index in [0.717, 1.165) is 43.8 Å². The van der Waals surface area contributed by atoms with Crippen molar-refractivity contribution in [3.05, 3.63) is 78.0 Å². The number of rotatable bonds is 8.